The highest BCUT2D eigenvalue weighted by Crippen LogP contribution is 2.69. The maximum atomic E-state index is 14.6. The van der Waals surface area contributed by atoms with Gasteiger partial charge in [-0.1, -0.05) is 0 Å². The first kappa shape index (κ1) is 41.5. The Morgan fingerprint density at radius 2 is 1.25 bits per heavy atom. The summed E-state index contributed by atoms with van der Waals surface area (Å²) in [6.07, 6.45) is 7.32. The van der Waals surface area contributed by atoms with Crippen LogP contribution in [0.3, 0.4) is 0 Å². The summed E-state index contributed by atoms with van der Waals surface area (Å²) >= 11 is 0. The van der Waals surface area contributed by atoms with E-state index < -0.39 is 34.1 Å². The average molecular weight is 881 g/mol. The van der Waals surface area contributed by atoms with Crippen LogP contribution in [-0.2, 0) is 19.2 Å². The van der Waals surface area contributed by atoms with E-state index in [0.717, 1.165) is 16.6 Å². The van der Waals surface area contributed by atoms with Crippen LogP contribution in [0.1, 0.15) is 50.5 Å². The number of carbonyl (C=O) groups excluding carboxylic acids is 4. The van der Waals surface area contributed by atoms with Crippen LogP contribution in [0.4, 0.5) is 17.1 Å². The van der Waals surface area contributed by atoms with E-state index in [-0.39, 0.29) is 11.4 Å². The van der Waals surface area contributed by atoms with Crippen LogP contribution in [-0.4, -0.2) is 74.7 Å². The number of rotatable bonds is 16. The molecular formula is C49H48N6O10. The van der Waals surface area contributed by atoms with E-state index in [1.54, 1.807) is 71.0 Å². The van der Waals surface area contributed by atoms with E-state index in [2.05, 4.69) is 15.2 Å². The minimum atomic E-state index is -1.24. The van der Waals surface area contributed by atoms with Gasteiger partial charge in [0.15, 0.2) is 23.0 Å². The fourth-order valence-electron chi connectivity index (χ4n) is 9.96. The van der Waals surface area contributed by atoms with Crippen LogP contribution >= 0.6 is 0 Å². The lowest BCUT2D eigenvalue weighted by atomic mass is 9.42. The molecule has 4 amide bonds. The smallest absolute Gasteiger partial charge is 0.243 e. The third kappa shape index (κ3) is 6.60. The van der Waals surface area contributed by atoms with E-state index in [4.69, 9.17) is 39.9 Å². The second kappa shape index (κ2) is 15.1. The van der Waals surface area contributed by atoms with Crippen LogP contribution in [0.15, 0.2) is 91.1 Å². The van der Waals surface area contributed by atoms with Gasteiger partial charge in [-0.3, -0.25) is 24.2 Å². The van der Waals surface area contributed by atoms with E-state index in [1.807, 2.05) is 53.4 Å². The summed E-state index contributed by atoms with van der Waals surface area (Å²) in [6.45, 7) is 0.505. The standard InChI is InChI=1S/C49H48N6O10/c1-60-38-21-32-34(23-40(38)62-3)52-19-13-36(32)64-31-11-7-29(8-12-31)55(45(59)49(17-18-49)43(51)57)47-25-46(26-47,27-47)54-20-14-37(33-22-39(61-2)41(63-4)24-35(33)54)65-30-9-5-28(6-10-30)53-44(58)48(15-16-48)42(50)56/h5-14,19,21-24H,15-18,20,25-27H2,1-4H3,(H2,50,56)(H2,51,57)(H,53,58). The molecular weight excluding hydrogens is 833 g/mol. The lowest BCUT2D eigenvalue weighted by Gasteiger charge is -2.76. The molecule has 1 aliphatic heterocycles. The van der Waals surface area contributed by atoms with Crippen LogP contribution in [0.5, 0.6) is 40.2 Å². The van der Waals surface area contributed by atoms with Crippen LogP contribution in [0, 0.1) is 10.8 Å². The van der Waals surface area contributed by atoms with Crippen molar-refractivity contribution >= 4 is 57.4 Å². The lowest BCUT2D eigenvalue weighted by molar-refractivity contribution is -0.139. The lowest BCUT2D eigenvalue weighted by Crippen LogP contribution is -2.85. The number of nitrogens with two attached hydrogens (primary N) is 2. The number of pyridine rings is 1. The molecule has 334 valence electrons. The molecule has 16 nitrogen and oxygen atoms in total. The fraction of sp³-hybridized carbons (Fsp3) is 0.327. The summed E-state index contributed by atoms with van der Waals surface area (Å²) in [5, 5.41) is 3.53. The maximum absolute atomic E-state index is 14.6. The average Bonchev–Trinajstić information content (AvgIpc) is 4.23. The predicted octanol–water partition coefficient (Wildman–Crippen LogP) is 6.48. The van der Waals surface area contributed by atoms with Crippen LogP contribution in [0.25, 0.3) is 16.7 Å². The Balaban J connectivity index is 0.905. The maximum Gasteiger partial charge on any atom is 0.243 e. The molecule has 0 saturated heterocycles. The number of ether oxygens (including phenoxy) is 6. The molecule has 5 aliphatic carbocycles. The summed E-state index contributed by atoms with van der Waals surface area (Å²) in [5.41, 5.74) is 11.7. The number of benzene rings is 4. The van der Waals surface area contributed by atoms with Gasteiger partial charge in [0, 0.05) is 52.7 Å². The molecule has 2 bridgehead atoms. The van der Waals surface area contributed by atoms with E-state index in [9.17, 15) is 19.2 Å². The SMILES string of the molecule is COc1cc2c(cc1OC)N(C13CC(N(C(=O)C4(C(N)=O)CC4)c4ccc(Oc5ccnc6cc(OC)c(OC)cc56)cc4)(C1)C3)CC=C2Oc1ccc(NC(=O)C2(C(N)=O)CC2)cc1. The number of anilines is 3. The first-order chi connectivity index (χ1) is 31.3. The summed E-state index contributed by atoms with van der Waals surface area (Å²) in [7, 11) is 6.31. The second-order valence-corrected chi connectivity index (χ2v) is 17.6. The van der Waals surface area contributed by atoms with Crippen molar-refractivity contribution in [1.82, 2.24) is 4.98 Å². The number of primary amides is 2. The Bertz CT molecular complexity index is 2820. The number of carbonyl (C=O) groups is 4. The van der Waals surface area contributed by atoms with Crippen molar-refractivity contribution in [3.8, 4) is 40.2 Å². The molecule has 5 N–H and O–H groups in total. The number of hydrogen-bond acceptors (Lipinski definition) is 12. The van der Waals surface area contributed by atoms with Crippen molar-refractivity contribution in [2.75, 3.05) is 50.1 Å². The molecule has 11 rings (SSSR count). The summed E-state index contributed by atoms with van der Waals surface area (Å²) in [4.78, 5) is 60.8. The Labute approximate surface area is 374 Å². The minimum Gasteiger partial charge on any atom is -0.493 e. The molecule has 65 heavy (non-hydrogen) atoms. The Hall–Kier alpha value is -7.49. The second-order valence-electron chi connectivity index (χ2n) is 17.6. The normalized spacial score (nSPS) is 21.2. The zero-order valence-electron chi connectivity index (χ0n) is 36.4. The number of aromatic nitrogens is 1. The van der Waals surface area contributed by atoms with Crippen molar-refractivity contribution in [1.29, 1.82) is 0 Å². The summed E-state index contributed by atoms with van der Waals surface area (Å²) in [6, 6.07) is 23.5. The highest BCUT2D eigenvalue weighted by Gasteiger charge is 2.75. The van der Waals surface area contributed by atoms with Gasteiger partial charge in [0.25, 0.3) is 0 Å². The van der Waals surface area contributed by atoms with Crippen LogP contribution < -0.4 is 55.0 Å². The molecule has 0 radical (unpaired) electrons. The number of fused-ring (bicyclic) bond motifs is 2. The molecule has 6 aliphatic rings. The van der Waals surface area contributed by atoms with Gasteiger partial charge in [-0.05, 0) is 118 Å². The molecule has 5 aromatic rings. The molecule has 16 heteroatoms. The molecule has 0 atom stereocenters. The van der Waals surface area contributed by atoms with Crippen molar-refractivity contribution in [2.24, 2.45) is 22.3 Å². The van der Waals surface area contributed by atoms with Gasteiger partial charge in [-0.15, -0.1) is 0 Å². The number of hydrogen-bond donors (Lipinski definition) is 3. The zero-order chi connectivity index (χ0) is 45.5. The molecule has 5 saturated carbocycles. The van der Waals surface area contributed by atoms with Crippen molar-refractivity contribution in [3.05, 3.63) is 96.7 Å². The zero-order valence-corrected chi connectivity index (χ0v) is 36.4. The first-order valence-corrected chi connectivity index (χ1v) is 21.4. The monoisotopic (exact) mass is 880 g/mol. The van der Waals surface area contributed by atoms with E-state index in [1.165, 1.54) is 0 Å². The third-order valence-corrected chi connectivity index (χ3v) is 13.9. The molecule has 0 unspecified atom stereocenters. The predicted molar refractivity (Wildman–Crippen MR) is 240 cm³/mol. The first-order valence-electron chi connectivity index (χ1n) is 21.4. The van der Waals surface area contributed by atoms with Crippen LogP contribution in [0.2, 0.25) is 0 Å². The largest absolute Gasteiger partial charge is 0.493 e. The van der Waals surface area contributed by atoms with Crippen molar-refractivity contribution < 1.29 is 47.6 Å². The molecule has 4 aromatic carbocycles. The van der Waals surface area contributed by atoms with Gasteiger partial charge >= 0.3 is 0 Å². The molecule has 1 aromatic heterocycles. The third-order valence-electron chi connectivity index (χ3n) is 13.9. The highest BCUT2D eigenvalue weighted by atomic mass is 16.5. The topological polar surface area (TPSA) is 207 Å². The van der Waals surface area contributed by atoms with E-state index in [0.29, 0.717) is 114 Å². The van der Waals surface area contributed by atoms with Crippen molar-refractivity contribution in [3.63, 3.8) is 0 Å². The Kier molecular flexibility index (Phi) is 9.62. The van der Waals surface area contributed by atoms with Gasteiger partial charge in [0.05, 0.1) is 45.2 Å². The van der Waals surface area contributed by atoms with Gasteiger partial charge in [0.1, 0.15) is 33.8 Å². The Morgan fingerprint density at radius 3 is 1.85 bits per heavy atom. The molecule has 2 heterocycles. The van der Waals surface area contributed by atoms with Gasteiger partial charge in [0.2, 0.25) is 23.6 Å². The minimum absolute atomic E-state index is 0.278. The highest BCUT2D eigenvalue weighted by molar-refractivity contribution is 6.15. The van der Waals surface area contributed by atoms with Gasteiger partial charge in [-0.25, -0.2) is 0 Å². The number of methoxy groups -OCH3 is 4. The van der Waals surface area contributed by atoms with Gasteiger partial charge in [-0.2, -0.15) is 0 Å². The van der Waals surface area contributed by atoms with Gasteiger partial charge < -0.3 is 55.0 Å². The van der Waals surface area contributed by atoms with E-state index >= 15 is 0 Å². The molecule has 5 fully saturated rings. The number of nitrogens with zero attached hydrogens (tertiary/aromatic N) is 3. The quantitative estimate of drug-likeness (QED) is 0.0911. The Morgan fingerprint density at radius 1 is 0.677 bits per heavy atom. The fourth-order valence-corrected chi connectivity index (χ4v) is 9.96. The number of amides is 4. The summed E-state index contributed by atoms with van der Waals surface area (Å²) in [5.74, 6) is 2.51. The van der Waals surface area contributed by atoms with Crippen molar-refractivity contribution in [2.45, 2.75) is 56.0 Å². The molecule has 0 spiro atoms. The number of nitrogens with one attached hydrogen (secondary N) is 1. The summed E-state index contributed by atoms with van der Waals surface area (Å²) < 4.78 is 35.4.